The molecule has 3 rings (SSSR count). The smallest absolute Gasteiger partial charge is 0.183 e. The number of benzene rings is 1. The van der Waals surface area contributed by atoms with Crippen LogP contribution in [0.4, 0.5) is 13.9 Å². The fourth-order valence-corrected chi connectivity index (χ4v) is 4.00. The normalized spacial score (nSPS) is 11.0. The predicted molar refractivity (Wildman–Crippen MR) is 92.4 cm³/mol. The van der Waals surface area contributed by atoms with Crippen LogP contribution in [0.25, 0.3) is 10.6 Å². The number of nitrogens with zero attached hydrogens (tertiary/aromatic N) is 2. The molecule has 0 amide bonds. The number of aryl methyl sites for hydroxylation is 1. The first-order chi connectivity index (χ1) is 11.6. The molecule has 0 aliphatic rings. The van der Waals surface area contributed by atoms with E-state index in [1.807, 2.05) is 12.3 Å². The molecule has 8 heteroatoms. The fourth-order valence-electron chi connectivity index (χ4n) is 2.30. The Hall–Kier alpha value is -1.90. The minimum atomic E-state index is -0.538. The zero-order valence-electron chi connectivity index (χ0n) is 12.8. The zero-order valence-corrected chi connectivity index (χ0v) is 14.5. The highest BCUT2D eigenvalue weighted by atomic mass is 32.1. The lowest BCUT2D eigenvalue weighted by Crippen LogP contribution is -2.07. The molecular formula is C16H15F2N3OS2. The van der Waals surface area contributed by atoms with Crippen LogP contribution in [0.2, 0.25) is 0 Å². The van der Waals surface area contributed by atoms with Crippen LogP contribution in [-0.2, 0) is 13.0 Å². The van der Waals surface area contributed by atoms with Gasteiger partial charge in [-0.25, -0.2) is 18.7 Å². The van der Waals surface area contributed by atoms with Crippen LogP contribution in [0.3, 0.4) is 0 Å². The quantitative estimate of drug-likeness (QED) is 0.691. The van der Waals surface area contributed by atoms with Gasteiger partial charge >= 0.3 is 0 Å². The van der Waals surface area contributed by atoms with Crippen molar-refractivity contribution in [1.29, 1.82) is 0 Å². The van der Waals surface area contributed by atoms with Crippen molar-refractivity contribution in [1.82, 2.24) is 9.97 Å². The van der Waals surface area contributed by atoms with Crippen molar-refractivity contribution >= 4 is 27.8 Å². The Balaban J connectivity index is 1.66. The lowest BCUT2D eigenvalue weighted by atomic mass is 10.1. The number of nitrogens with one attached hydrogen (secondary N) is 1. The molecule has 0 saturated heterocycles. The maximum atomic E-state index is 13.6. The van der Waals surface area contributed by atoms with Crippen molar-refractivity contribution in [2.45, 2.75) is 20.0 Å². The molecule has 0 fully saturated rings. The van der Waals surface area contributed by atoms with Gasteiger partial charge in [-0.2, -0.15) is 0 Å². The Labute approximate surface area is 145 Å². The summed E-state index contributed by atoms with van der Waals surface area (Å²) in [6.45, 7) is 2.12. The maximum absolute atomic E-state index is 13.6. The molecule has 1 aromatic carbocycles. The third-order valence-corrected chi connectivity index (χ3v) is 5.24. The van der Waals surface area contributed by atoms with E-state index in [2.05, 4.69) is 15.3 Å². The fraction of sp³-hybridized carbons (Fsp3) is 0.250. The number of thiazole rings is 2. The molecule has 0 atom stereocenters. The van der Waals surface area contributed by atoms with E-state index < -0.39 is 11.6 Å². The molecule has 2 N–H and O–H groups in total. The van der Waals surface area contributed by atoms with Crippen LogP contribution < -0.4 is 5.32 Å². The predicted octanol–water partition coefficient (Wildman–Crippen LogP) is 4.00. The molecule has 0 aliphatic heterocycles. The van der Waals surface area contributed by atoms with Gasteiger partial charge in [-0.1, -0.05) is 6.07 Å². The van der Waals surface area contributed by atoms with Crippen molar-refractivity contribution in [3.8, 4) is 10.6 Å². The molecule has 24 heavy (non-hydrogen) atoms. The third kappa shape index (κ3) is 3.61. The molecule has 0 radical (unpaired) electrons. The van der Waals surface area contributed by atoms with Gasteiger partial charge in [0.25, 0.3) is 0 Å². The van der Waals surface area contributed by atoms with Crippen LogP contribution in [0.15, 0.2) is 23.6 Å². The van der Waals surface area contributed by atoms with Crippen molar-refractivity contribution in [3.05, 3.63) is 51.5 Å². The summed E-state index contributed by atoms with van der Waals surface area (Å²) >= 11 is 2.88. The number of hydrogen-bond donors (Lipinski definition) is 2. The van der Waals surface area contributed by atoms with E-state index >= 15 is 0 Å². The first-order valence-corrected chi connectivity index (χ1v) is 8.98. The van der Waals surface area contributed by atoms with Gasteiger partial charge in [0.15, 0.2) is 5.13 Å². The summed E-state index contributed by atoms with van der Waals surface area (Å²) in [6.07, 6.45) is 0.231. The summed E-state index contributed by atoms with van der Waals surface area (Å²) in [5, 5.41) is 15.8. The topological polar surface area (TPSA) is 58.0 Å². The highest BCUT2D eigenvalue weighted by Gasteiger charge is 2.14. The van der Waals surface area contributed by atoms with E-state index in [-0.39, 0.29) is 18.6 Å². The Bertz CT molecular complexity index is 827. The molecule has 2 aromatic heterocycles. The van der Waals surface area contributed by atoms with Crippen LogP contribution in [0.1, 0.15) is 16.3 Å². The number of rotatable bonds is 6. The number of aliphatic hydroxyl groups excluding tert-OH is 1. The third-order valence-electron chi connectivity index (χ3n) is 3.40. The lowest BCUT2D eigenvalue weighted by Gasteiger charge is -2.05. The van der Waals surface area contributed by atoms with E-state index in [1.165, 1.54) is 40.9 Å². The molecule has 3 aromatic rings. The van der Waals surface area contributed by atoms with E-state index in [0.29, 0.717) is 17.4 Å². The molecule has 4 nitrogen and oxygen atoms in total. The Kier molecular flexibility index (Phi) is 5.17. The van der Waals surface area contributed by atoms with Gasteiger partial charge in [0, 0.05) is 17.5 Å². The average Bonchev–Trinajstić information content (AvgIpc) is 3.16. The Morgan fingerprint density at radius 1 is 1.21 bits per heavy atom. The molecule has 0 unspecified atom stereocenters. The van der Waals surface area contributed by atoms with E-state index in [9.17, 15) is 13.9 Å². The van der Waals surface area contributed by atoms with Crippen LogP contribution in [-0.4, -0.2) is 21.6 Å². The SMILES string of the molecule is Cc1nc(CO)c(-c2csc(NCCc3c(F)cccc3F)n2)s1. The Morgan fingerprint density at radius 2 is 1.96 bits per heavy atom. The van der Waals surface area contributed by atoms with Crippen LogP contribution in [0, 0.1) is 18.6 Å². The van der Waals surface area contributed by atoms with Gasteiger partial charge in [0.2, 0.25) is 0 Å². The highest BCUT2D eigenvalue weighted by Crippen LogP contribution is 2.32. The monoisotopic (exact) mass is 367 g/mol. The molecule has 2 heterocycles. The van der Waals surface area contributed by atoms with Gasteiger partial charge in [-0.05, 0) is 25.5 Å². The lowest BCUT2D eigenvalue weighted by molar-refractivity contribution is 0.278. The van der Waals surface area contributed by atoms with Gasteiger partial charge in [-0.3, -0.25) is 0 Å². The van der Waals surface area contributed by atoms with Crippen LogP contribution >= 0.6 is 22.7 Å². The second-order valence-corrected chi connectivity index (χ2v) is 7.14. The largest absolute Gasteiger partial charge is 0.390 e. The van der Waals surface area contributed by atoms with Gasteiger partial charge in [0.05, 0.1) is 27.9 Å². The summed E-state index contributed by atoms with van der Waals surface area (Å²) in [5.41, 5.74) is 1.43. The summed E-state index contributed by atoms with van der Waals surface area (Å²) in [6, 6.07) is 3.86. The number of anilines is 1. The van der Waals surface area contributed by atoms with Gasteiger partial charge < -0.3 is 10.4 Å². The molecule has 126 valence electrons. The minimum absolute atomic E-state index is 0.0717. The van der Waals surface area contributed by atoms with Crippen molar-refractivity contribution in [2.75, 3.05) is 11.9 Å². The highest BCUT2D eigenvalue weighted by molar-refractivity contribution is 7.16. The second-order valence-electron chi connectivity index (χ2n) is 5.08. The average molecular weight is 367 g/mol. The standard InChI is InChI=1S/C16H15F2N3OS2/c1-9-20-13(7-22)15(24-9)14-8-23-16(21-14)19-6-5-10-11(17)3-2-4-12(10)18/h2-4,8,22H,5-7H2,1H3,(H,19,21). The summed E-state index contributed by atoms with van der Waals surface area (Å²) in [7, 11) is 0. The van der Waals surface area contributed by atoms with Gasteiger partial charge in [-0.15, -0.1) is 22.7 Å². The summed E-state index contributed by atoms with van der Waals surface area (Å²) in [5.74, 6) is -1.08. The number of aliphatic hydroxyl groups is 1. The van der Waals surface area contributed by atoms with Crippen molar-refractivity contribution in [2.24, 2.45) is 0 Å². The summed E-state index contributed by atoms with van der Waals surface area (Å²) < 4.78 is 27.2. The Morgan fingerprint density at radius 3 is 2.67 bits per heavy atom. The second kappa shape index (κ2) is 7.33. The van der Waals surface area contributed by atoms with E-state index in [0.717, 1.165) is 15.6 Å². The van der Waals surface area contributed by atoms with Crippen LogP contribution in [0.5, 0.6) is 0 Å². The van der Waals surface area contributed by atoms with Crippen molar-refractivity contribution < 1.29 is 13.9 Å². The molecular weight excluding hydrogens is 352 g/mol. The number of halogens is 2. The van der Waals surface area contributed by atoms with E-state index in [4.69, 9.17) is 0 Å². The van der Waals surface area contributed by atoms with E-state index in [1.54, 1.807) is 0 Å². The zero-order chi connectivity index (χ0) is 17.1. The number of hydrogen-bond acceptors (Lipinski definition) is 6. The maximum Gasteiger partial charge on any atom is 0.183 e. The summed E-state index contributed by atoms with van der Waals surface area (Å²) in [4.78, 5) is 9.57. The minimum Gasteiger partial charge on any atom is -0.390 e. The molecule has 0 bridgehead atoms. The molecule has 0 spiro atoms. The molecule has 0 saturated carbocycles. The van der Waals surface area contributed by atoms with Gasteiger partial charge in [0.1, 0.15) is 11.6 Å². The first-order valence-electron chi connectivity index (χ1n) is 7.28. The number of aromatic nitrogens is 2. The molecule has 0 aliphatic carbocycles. The first kappa shape index (κ1) is 16.9. The van der Waals surface area contributed by atoms with Crippen molar-refractivity contribution in [3.63, 3.8) is 0 Å².